The van der Waals surface area contributed by atoms with Crippen molar-refractivity contribution in [1.29, 1.82) is 5.39 Å². The van der Waals surface area contributed by atoms with Gasteiger partial charge < -0.3 is 5.11 Å². The van der Waals surface area contributed by atoms with Crippen molar-refractivity contribution in [3.8, 4) is 0 Å². The molecule has 0 saturated heterocycles. The summed E-state index contributed by atoms with van der Waals surface area (Å²) in [6.07, 6.45) is 0. The SMILES string of the molecule is CC(C)[C@@H]([N+]#N)C(=O)O. The molecule has 0 bridgehead atoms. The quantitative estimate of drug-likeness (QED) is 0.564. The zero-order valence-corrected chi connectivity index (χ0v) is 5.40. The van der Waals surface area contributed by atoms with Gasteiger partial charge in [-0.3, -0.25) is 0 Å². The van der Waals surface area contributed by atoms with Crippen LogP contribution in [0.4, 0.5) is 0 Å². The Morgan fingerprint density at radius 2 is 2.11 bits per heavy atom. The second kappa shape index (κ2) is 3.02. The average Bonchev–Trinajstić information content (AvgIpc) is 1.64. The minimum absolute atomic E-state index is 0.160. The molecule has 4 nitrogen and oxygen atoms in total. The van der Waals surface area contributed by atoms with Gasteiger partial charge in [0, 0.05) is 5.92 Å². The topological polar surface area (TPSA) is 65.5 Å². The van der Waals surface area contributed by atoms with Crippen LogP contribution in [0.15, 0.2) is 0 Å². The highest BCUT2D eigenvalue weighted by molar-refractivity contribution is 5.75. The molecule has 50 valence electrons. The van der Waals surface area contributed by atoms with E-state index in [4.69, 9.17) is 10.5 Å². The van der Waals surface area contributed by atoms with Gasteiger partial charge in [-0.2, -0.15) is 0 Å². The van der Waals surface area contributed by atoms with Crippen LogP contribution >= 0.6 is 0 Å². The molecule has 0 unspecified atom stereocenters. The molecule has 0 aliphatic rings. The van der Waals surface area contributed by atoms with Crippen molar-refractivity contribution >= 4 is 5.97 Å². The first-order valence-corrected chi connectivity index (χ1v) is 2.66. The summed E-state index contributed by atoms with van der Waals surface area (Å²) in [5.41, 5.74) is 0. The molecule has 1 atom stereocenters. The number of hydrogen-bond donors (Lipinski definition) is 1. The van der Waals surface area contributed by atoms with E-state index in [0.717, 1.165) is 0 Å². The molecule has 0 spiro atoms. The van der Waals surface area contributed by atoms with Crippen LogP contribution in [0.3, 0.4) is 0 Å². The number of diazo groups is 1. The van der Waals surface area contributed by atoms with E-state index >= 15 is 0 Å². The molecular weight excluding hydrogens is 120 g/mol. The molecule has 0 rings (SSSR count). The average molecular weight is 129 g/mol. The predicted octanol–water partition coefficient (Wildman–Crippen LogP) is 0.949. The number of rotatable bonds is 2. The fourth-order valence-electron chi connectivity index (χ4n) is 0.468. The molecule has 0 aliphatic heterocycles. The van der Waals surface area contributed by atoms with E-state index in [0.29, 0.717) is 0 Å². The van der Waals surface area contributed by atoms with Gasteiger partial charge in [0.25, 0.3) is 0 Å². The number of hydrogen-bond acceptors (Lipinski definition) is 2. The van der Waals surface area contributed by atoms with Gasteiger partial charge >= 0.3 is 12.0 Å². The minimum atomic E-state index is -1.09. The highest BCUT2D eigenvalue weighted by Crippen LogP contribution is 2.04. The van der Waals surface area contributed by atoms with Crippen LogP contribution in [0.2, 0.25) is 0 Å². The van der Waals surface area contributed by atoms with Crippen LogP contribution in [0, 0.1) is 11.3 Å². The molecule has 0 radical (unpaired) electrons. The van der Waals surface area contributed by atoms with Crippen molar-refractivity contribution in [2.24, 2.45) is 5.92 Å². The van der Waals surface area contributed by atoms with Crippen LogP contribution in [0.1, 0.15) is 13.8 Å². The third-order valence-corrected chi connectivity index (χ3v) is 1.01. The smallest absolute Gasteiger partial charge is 0.410 e. The maximum Gasteiger partial charge on any atom is 0.410 e. The molecule has 0 aliphatic carbocycles. The van der Waals surface area contributed by atoms with Crippen LogP contribution in [0.25, 0.3) is 4.98 Å². The summed E-state index contributed by atoms with van der Waals surface area (Å²) in [4.78, 5) is 12.8. The third-order valence-electron chi connectivity index (χ3n) is 1.01. The van der Waals surface area contributed by atoms with Crippen molar-refractivity contribution in [1.82, 2.24) is 0 Å². The summed E-state index contributed by atoms with van der Waals surface area (Å²) >= 11 is 0. The first-order valence-electron chi connectivity index (χ1n) is 2.66. The maximum atomic E-state index is 10.1. The number of carbonyl (C=O) groups is 1. The zero-order valence-electron chi connectivity index (χ0n) is 5.40. The molecular formula is C5H9N2O2+. The normalized spacial score (nSPS) is 12.7. The highest BCUT2D eigenvalue weighted by Gasteiger charge is 2.33. The third kappa shape index (κ3) is 2.08. The van der Waals surface area contributed by atoms with Crippen LogP contribution < -0.4 is 0 Å². The first kappa shape index (κ1) is 7.89. The minimum Gasteiger partial charge on any atom is -0.475 e. The molecule has 0 amide bonds. The van der Waals surface area contributed by atoms with E-state index in [1.54, 1.807) is 13.8 Å². The number of carboxylic acids is 1. The van der Waals surface area contributed by atoms with Gasteiger partial charge in [0.1, 0.15) is 4.98 Å². The number of aliphatic carboxylic acids is 1. The molecule has 0 aromatic heterocycles. The fraction of sp³-hybridized carbons (Fsp3) is 0.800. The lowest BCUT2D eigenvalue weighted by molar-refractivity contribution is -0.138. The molecule has 0 aromatic rings. The van der Waals surface area contributed by atoms with Gasteiger partial charge in [0.05, 0.1) is 0 Å². The standard InChI is InChI=1S/C5H8N2O2/c1-3(2)4(7-6)5(8)9/h3-4H,1-2H3/p+1/t4-/m1/s1. The Kier molecular flexibility index (Phi) is 2.65. The molecule has 0 aromatic carbocycles. The second-order valence-electron chi connectivity index (χ2n) is 2.14. The lowest BCUT2D eigenvalue weighted by Gasteiger charge is -1.93. The Balaban J connectivity index is 4.04. The van der Waals surface area contributed by atoms with E-state index in [2.05, 4.69) is 4.98 Å². The van der Waals surface area contributed by atoms with Gasteiger partial charge in [0.2, 0.25) is 5.39 Å². The summed E-state index contributed by atoms with van der Waals surface area (Å²) < 4.78 is 0. The summed E-state index contributed by atoms with van der Waals surface area (Å²) in [6.45, 7) is 3.36. The zero-order chi connectivity index (χ0) is 7.44. The van der Waals surface area contributed by atoms with Gasteiger partial charge in [0.15, 0.2) is 0 Å². The first-order chi connectivity index (χ1) is 4.09. The Morgan fingerprint density at radius 1 is 1.67 bits per heavy atom. The van der Waals surface area contributed by atoms with Gasteiger partial charge in [-0.25, -0.2) is 4.79 Å². The molecule has 4 heteroatoms. The van der Waals surface area contributed by atoms with E-state index in [1.807, 2.05) is 0 Å². The van der Waals surface area contributed by atoms with E-state index in [9.17, 15) is 4.79 Å². The van der Waals surface area contributed by atoms with E-state index in [1.165, 1.54) is 0 Å². The van der Waals surface area contributed by atoms with Gasteiger partial charge in [-0.05, 0) is 0 Å². The van der Waals surface area contributed by atoms with E-state index < -0.39 is 12.0 Å². The Hall–Kier alpha value is -1.11. The second-order valence-corrected chi connectivity index (χ2v) is 2.14. The lowest BCUT2D eigenvalue weighted by atomic mass is 10.1. The molecule has 1 N–H and O–H groups in total. The molecule has 0 saturated carbocycles. The Bertz CT molecular complexity index is 148. The summed E-state index contributed by atoms with van der Waals surface area (Å²) in [5, 5.41) is 16.4. The number of carboxylic acid groups (broad SMARTS) is 1. The lowest BCUT2D eigenvalue weighted by Crippen LogP contribution is -2.21. The summed E-state index contributed by atoms with van der Waals surface area (Å²) in [7, 11) is 0. The van der Waals surface area contributed by atoms with Gasteiger partial charge in [-0.15, -0.1) is 0 Å². The van der Waals surface area contributed by atoms with E-state index in [-0.39, 0.29) is 5.92 Å². The largest absolute Gasteiger partial charge is 0.475 e. The van der Waals surface area contributed by atoms with Crippen molar-refractivity contribution in [3.63, 3.8) is 0 Å². The molecule has 9 heavy (non-hydrogen) atoms. The number of nitrogens with zero attached hydrogens (tertiary/aromatic N) is 2. The van der Waals surface area contributed by atoms with Crippen molar-refractivity contribution in [3.05, 3.63) is 4.98 Å². The van der Waals surface area contributed by atoms with Crippen molar-refractivity contribution < 1.29 is 9.90 Å². The van der Waals surface area contributed by atoms with Gasteiger partial charge in [-0.1, -0.05) is 13.8 Å². The molecule has 0 heterocycles. The fourth-order valence-corrected chi connectivity index (χ4v) is 0.468. The van der Waals surface area contributed by atoms with Crippen molar-refractivity contribution in [2.75, 3.05) is 0 Å². The van der Waals surface area contributed by atoms with Crippen LogP contribution in [0.5, 0.6) is 0 Å². The maximum absolute atomic E-state index is 10.1. The Labute approximate surface area is 53.1 Å². The predicted molar refractivity (Wildman–Crippen MR) is 31.3 cm³/mol. The highest BCUT2D eigenvalue weighted by atomic mass is 16.4. The van der Waals surface area contributed by atoms with Crippen LogP contribution in [-0.2, 0) is 4.79 Å². The molecule has 0 fully saturated rings. The van der Waals surface area contributed by atoms with Crippen molar-refractivity contribution in [2.45, 2.75) is 19.9 Å². The summed E-state index contributed by atoms with van der Waals surface area (Å²) in [6, 6.07) is -0.981. The summed E-state index contributed by atoms with van der Waals surface area (Å²) in [5.74, 6) is -1.25. The Morgan fingerprint density at radius 3 is 2.11 bits per heavy atom. The monoisotopic (exact) mass is 129 g/mol. The van der Waals surface area contributed by atoms with Crippen LogP contribution in [-0.4, -0.2) is 17.1 Å².